The molecule has 0 spiro atoms. The summed E-state index contributed by atoms with van der Waals surface area (Å²) in [6.07, 6.45) is 9.52. The van der Waals surface area contributed by atoms with Crippen LogP contribution in [0.3, 0.4) is 0 Å². The van der Waals surface area contributed by atoms with Crippen molar-refractivity contribution in [1.29, 1.82) is 0 Å². The lowest BCUT2D eigenvalue weighted by Gasteiger charge is -2.21. The number of likely N-dealkylation sites (tertiary alicyclic amines) is 1. The number of carbonyl (C=O) groups excluding carboxylic acids is 1. The van der Waals surface area contributed by atoms with E-state index in [1.165, 1.54) is 32.1 Å². The number of hydrogen-bond donors (Lipinski definition) is 2. The molecule has 1 heterocycles. The van der Waals surface area contributed by atoms with E-state index in [9.17, 15) is 4.79 Å². The third-order valence-electron chi connectivity index (χ3n) is 5.77. The van der Waals surface area contributed by atoms with Crippen molar-refractivity contribution in [2.24, 2.45) is 16.8 Å². The summed E-state index contributed by atoms with van der Waals surface area (Å²) in [5, 5.41) is 7.16. The molecule has 0 aromatic rings. The molecule has 2 saturated carbocycles. The number of nitrogens with one attached hydrogen (secondary N) is 2. The number of hydrogen-bond acceptors (Lipinski definition) is 2. The maximum Gasteiger partial charge on any atom is 0.225 e. The van der Waals surface area contributed by atoms with Crippen LogP contribution in [0.5, 0.6) is 0 Å². The zero-order valence-corrected chi connectivity index (χ0v) is 18.1. The molecule has 0 bridgehead atoms. The second kappa shape index (κ2) is 9.97. The molecule has 1 saturated heterocycles. The van der Waals surface area contributed by atoms with Crippen molar-refractivity contribution in [3.05, 3.63) is 0 Å². The van der Waals surface area contributed by atoms with E-state index in [1.54, 1.807) is 0 Å². The first-order chi connectivity index (χ1) is 11.7. The monoisotopic (exact) mass is 462 g/mol. The van der Waals surface area contributed by atoms with E-state index >= 15 is 0 Å². The average Bonchev–Trinajstić information content (AvgIpc) is 3.00. The third-order valence-corrected chi connectivity index (χ3v) is 5.77. The Labute approximate surface area is 169 Å². The Morgan fingerprint density at radius 1 is 1.16 bits per heavy atom. The molecule has 3 unspecified atom stereocenters. The van der Waals surface area contributed by atoms with E-state index in [4.69, 9.17) is 0 Å². The Hall–Kier alpha value is -0.530. The highest BCUT2D eigenvalue weighted by atomic mass is 127. The van der Waals surface area contributed by atoms with E-state index in [2.05, 4.69) is 34.4 Å². The second-order valence-corrected chi connectivity index (χ2v) is 7.75. The first-order valence-corrected chi connectivity index (χ1v) is 10.1. The molecule has 1 aliphatic heterocycles. The van der Waals surface area contributed by atoms with Crippen LogP contribution in [0.25, 0.3) is 0 Å². The molecule has 0 radical (unpaired) electrons. The fourth-order valence-corrected chi connectivity index (χ4v) is 4.28. The van der Waals surface area contributed by atoms with Gasteiger partial charge in [-0.3, -0.25) is 9.79 Å². The van der Waals surface area contributed by atoms with Crippen LogP contribution in [0.2, 0.25) is 0 Å². The Kier molecular flexibility index (Phi) is 8.29. The Morgan fingerprint density at radius 2 is 1.92 bits per heavy atom. The fourth-order valence-electron chi connectivity index (χ4n) is 4.28. The predicted molar refractivity (Wildman–Crippen MR) is 113 cm³/mol. The van der Waals surface area contributed by atoms with Crippen molar-refractivity contribution in [3.63, 3.8) is 0 Å². The number of carbonyl (C=O) groups is 1. The fraction of sp³-hybridized carbons (Fsp3) is 0.895. The van der Waals surface area contributed by atoms with Gasteiger partial charge in [0, 0.05) is 37.6 Å². The van der Waals surface area contributed by atoms with Gasteiger partial charge in [0.05, 0.1) is 0 Å². The summed E-state index contributed by atoms with van der Waals surface area (Å²) in [6, 6.07) is 0.942. The molecular formula is C19H35IN4O. The Balaban J connectivity index is 0.00000225. The van der Waals surface area contributed by atoms with Gasteiger partial charge in [-0.15, -0.1) is 24.0 Å². The maximum atomic E-state index is 12.6. The van der Waals surface area contributed by atoms with Crippen molar-refractivity contribution in [2.45, 2.75) is 77.3 Å². The number of rotatable bonds is 6. The summed E-state index contributed by atoms with van der Waals surface area (Å²) >= 11 is 0. The standard InChI is InChI=1S/C19H34N4O.HI/c1-3-7-15-12-17(15)22-19(20-4-2)21-16-10-11-23(13-16)18(24)14-8-5-6-9-14;/h14-17H,3-13H2,1-2H3,(H2,20,21,22);1H. The van der Waals surface area contributed by atoms with Crippen molar-refractivity contribution < 1.29 is 4.79 Å². The molecule has 3 rings (SSSR count). The Morgan fingerprint density at radius 3 is 2.60 bits per heavy atom. The lowest BCUT2D eigenvalue weighted by Crippen LogP contribution is -2.46. The van der Waals surface area contributed by atoms with Crippen LogP contribution in [-0.4, -0.2) is 48.5 Å². The van der Waals surface area contributed by atoms with Gasteiger partial charge in [0.15, 0.2) is 5.96 Å². The maximum absolute atomic E-state index is 12.6. The van der Waals surface area contributed by atoms with E-state index < -0.39 is 0 Å². The van der Waals surface area contributed by atoms with Crippen molar-refractivity contribution in [2.75, 3.05) is 19.6 Å². The molecule has 5 nitrogen and oxygen atoms in total. The first kappa shape index (κ1) is 20.8. The zero-order chi connectivity index (χ0) is 16.9. The number of nitrogens with zero attached hydrogens (tertiary/aromatic N) is 2. The van der Waals surface area contributed by atoms with E-state index in [0.29, 0.717) is 23.9 Å². The summed E-state index contributed by atoms with van der Waals surface area (Å²) in [5.41, 5.74) is 0. The number of amides is 1. The van der Waals surface area contributed by atoms with Gasteiger partial charge in [-0.1, -0.05) is 26.2 Å². The average molecular weight is 462 g/mol. The smallest absolute Gasteiger partial charge is 0.225 e. The molecule has 0 aromatic heterocycles. The van der Waals surface area contributed by atoms with E-state index in [1.807, 2.05) is 0 Å². The molecule has 144 valence electrons. The highest BCUT2D eigenvalue weighted by Gasteiger charge is 2.37. The van der Waals surface area contributed by atoms with Gasteiger partial charge in [-0.05, 0) is 44.9 Å². The first-order valence-electron chi connectivity index (χ1n) is 10.1. The largest absolute Gasteiger partial charge is 0.353 e. The van der Waals surface area contributed by atoms with Gasteiger partial charge in [-0.25, -0.2) is 0 Å². The number of guanidine groups is 1. The van der Waals surface area contributed by atoms with Crippen LogP contribution in [0.4, 0.5) is 0 Å². The highest BCUT2D eigenvalue weighted by molar-refractivity contribution is 14.0. The van der Waals surface area contributed by atoms with Crippen molar-refractivity contribution >= 4 is 35.8 Å². The van der Waals surface area contributed by atoms with E-state index in [0.717, 1.165) is 50.8 Å². The summed E-state index contributed by atoms with van der Waals surface area (Å²) in [4.78, 5) is 19.2. The zero-order valence-electron chi connectivity index (χ0n) is 15.8. The van der Waals surface area contributed by atoms with Crippen molar-refractivity contribution in [3.8, 4) is 0 Å². The summed E-state index contributed by atoms with van der Waals surface area (Å²) in [5.74, 6) is 2.46. The molecular weight excluding hydrogens is 427 g/mol. The SMILES string of the molecule is CCCC1CC1NC(=NCC)NC1CCN(C(=O)C2CCCC2)C1.I. The van der Waals surface area contributed by atoms with Crippen molar-refractivity contribution in [1.82, 2.24) is 15.5 Å². The molecule has 1 amide bonds. The lowest BCUT2D eigenvalue weighted by atomic mass is 10.1. The van der Waals surface area contributed by atoms with Gasteiger partial charge in [0.2, 0.25) is 5.91 Å². The number of aliphatic imine (C=N–C) groups is 1. The van der Waals surface area contributed by atoms with Gasteiger partial charge in [0.25, 0.3) is 0 Å². The minimum Gasteiger partial charge on any atom is -0.353 e. The second-order valence-electron chi connectivity index (χ2n) is 7.75. The van der Waals surface area contributed by atoms with Gasteiger partial charge in [0.1, 0.15) is 0 Å². The molecule has 2 aliphatic carbocycles. The number of halogens is 1. The van der Waals surface area contributed by atoms with Gasteiger partial charge < -0.3 is 15.5 Å². The molecule has 6 heteroatoms. The minimum atomic E-state index is 0. The van der Waals surface area contributed by atoms with Crippen LogP contribution in [-0.2, 0) is 4.79 Å². The minimum absolute atomic E-state index is 0. The van der Waals surface area contributed by atoms with Crippen LogP contribution in [0.1, 0.15) is 65.2 Å². The quantitative estimate of drug-likeness (QED) is 0.362. The van der Waals surface area contributed by atoms with Crippen LogP contribution < -0.4 is 10.6 Å². The van der Waals surface area contributed by atoms with Gasteiger partial charge >= 0.3 is 0 Å². The van der Waals surface area contributed by atoms with Crippen LogP contribution >= 0.6 is 24.0 Å². The van der Waals surface area contributed by atoms with E-state index in [-0.39, 0.29) is 24.0 Å². The summed E-state index contributed by atoms with van der Waals surface area (Å²) in [7, 11) is 0. The molecule has 3 atom stereocenters. The topological polar surface area (TPSA) is 56.7 Å². The molecule has 2 N–H and O–H groups in total. The Bertz CT molecular complexity index is 464. The molecule has 3 fully saturated rings. The molecule has 3 aliphatic rings. The lowest BCUT2D eigenvalue weighted by molar-refractivity contribution is -0.134. The predicted octanol–water partition coefficient (Wildman–Crippen LogP) is 3.14. The normalized spacial score (nSPS) is 29.4. The summed E-state index contributed by atoms with van der Waals surface area (Å²) in [6.45, 7) is 6.85. The molecule has 25 heavy (non-hydrogen) atoms. The van der Waals surface area contributed by atoms with Crippen LogP contribution in [0.15, 0.2) is 4.99 Å². The van der Waals surface area contributed by atoms with Crippen LogP contribution in [0, 0.1) is 11.8 Å². The summed E-state index contributed by atoms with van der Waals surface area (Å²) < 4.78 is 0. The molecule has 0 aromatic carbocycles. The van der Waals surface area contributed by atoms with Gasteiger partial charge in [-0.2, -0.15) is 0 Å². The third kappa shape index (κ3) is 5.73. The highest BCUT2D eigenvalue weighted by Crippen LogP contribution is 2.34.